The average Bonchev–Trinajstić information content (AvgIpc) is 2.10. The summed E-state index contributed by atoms with van der Waals surface area (Å²) in [5, 5.41) is 2.34. The van der Waals surface area contributed by atoms with Gasteiger partial charge in [-0.05, 0) is 6.42 Å². The van der Waals surface area contributed by atoms with Crippen LogP contribution in [-0.4, -0.2) is 18.1 Å². The van der Waals surface area contributed by atoms with Crippen LogP contribution in [0, 0.1) is 0 Å². The van der Waals surface area contributed by atoms with Gasteiger partial charge in [0.2, 0.25) is 0 Å². The summed E-state index contributed by atoms with van der Waals surface area (Å²) in [4.78, 5) is 20.8. The van der Waals surface area contributed by atoms with Gasteiger partial charge in [0.05, 0.1) is 0 Å². The molecule has 0 bridgehead atoms. The maximum atomic E-state index is 10.5. The molecule has 4 heteroatoms. The Hall–Kier alpha value is -1.06. The van der Waals surface area contributed by atoms with Gasteiger partial charge in [-0.15, -0.1) is 0 Å². The van der Waals surface area contributed by atoms with E-state index in [2.05, 4.69) is 10.1 Å². The molecule has 1 amide bonds. The Labute approximate surface area is 52.2 Å². The number of carbonyl (C=O) groups is 2. The van der Waals surface area contributed by atoms with E-state index in [0.29, 0.717) is 6.42 Å². The van der Waals surface area contributed by atoms with Crippen LogP contribution in [0.25, 0.3) is 0 Å². The zero-order valence-electron chi connectivity index (χ0n) is 5.01. The number of amides is 1. The van der Waals surface area contributed by atoms with Crippen LogP contribution in [0.2, 0.25) is 0 Å². The first-order valence-corrected chi connectivity index (χ1v) is 2.76. The Morgan fingerprint density at radius 2 is 2.33 bits per heavy atom. The number of nitrogens with one attached hydrogen (secondary N) is 1. The fourth-order valence-electron chi connectivity index (χ4n) is 0.662. The van der Waals surface area contributed by atoms with Crippen molar-refractivity contribution in [2.45, 2.75) is 19.4 Å². The van der Waals surface area contributed by atoms with Crippen molar-refractivity contribution in [3.63, 3.8) is 0 Å². The molecule has 1 atom stereocenters. The lowest BCUT2D eigenvalue weighted by Crippen LogP contribution is -2.27. The molecule has 9 heavy (non-hydrogen) atoms. The van der Waals surface area contributed by atoms with Crippen molar-refractivity contribution in [3.8, 4) is 0 Å². The molecule has 0 aliphatic carbocycles. The Balaban J connectivity index is 2.58. The van der Waals surface area contributed by atoms with E-state index in [1.807, 2.05) is 0 Å². The number of alkyl carbamates (subject to hydrolysis) is 1. The maximum Gasteiger partial charge on any atom is 0.415 e. The Morgan fingerprint density at radius 1 is 1.67 bits per heavy atom. The van der Waals surface area contributed by atoms with Crippen LogP contribution in [0.1, 0.15) is 13.3 Å². The molecule has 1 saturated heterocycles. The van der Waals surface area contributed by atoms with Crippen molar-refractivity contribution in [3.05, 3.63) is 0 Å². The van der Waals surface area contributed by atoms with E-state index in [4.69, 9.17) is 0 Å². The molecule has 0 radical (unpaired) electrons. The third-order valence-electron chi connectivity index (χ3n) is 1.18. The predicted molar refractivity (Wildman–Crippen MR) is 28.7 cm³/mol. The van der Waals surface area contributed by atoms with Crippen LogP contribution < -0.4 is 5.32 Å². The first-order valence-electron chi connectivity index (χ1n) is 2.76. The molecule has 1 unspecified atom stereocenters. The minimum absolute atomic E-state index is 0.419. The summed E-state index contributed by atoms with van der Waals surface area (Å²) in [6.45, 7) is 1.80. The fourth-order valence-corrected chi connectivity index (χ4v) is 0.662. The van der Waals surface area contributed by atoms with Crippen molar-refractivity contribution in [2.75, 3.05) is 0 Å². The van der Waals surface area contributed by atoms with E-state index >= 15 is 0 Å². The fraction of sp³-hybridized carbons (Fsp3) is 0.600. The lowest BCUT2D eigenvalue weighted by Gasteiger charge is -1.96. The lowest BCUT2D eigenvalue weighted by molar-refractivity contribution is -0.135. The van der Waals surface area contributed by atoms with Gasteiger partial charge in [-0.1, -0.05) is 6.92 Å². The molecule has 50 valence electrons. The molecule has 0 aromatic carbocycles. The highest BCUT2D eigenvalue weighted by Gasteiger charge is 2.30. The van der Waals surface area contributed by atoms with Crippen molar-refractivity contribution >= 4 is 12.1 Å². The monoisotopic (exact) mass is 129 g/mol. The first kappa shape index (κ1) is 6.07. The second-order valence-electron chi connectivity index (χ2n) is 1.81. The van der Waals surface area contributed by atoms with Gasteiger partial charge < -0.3 is 10.1 Å². The number of ether oxygens (including phenoxy) is 1. The van der Waals surface area contributed by atoms with E-state index in [9.17, 15) is 9.59 Å². The molecule has 1 heterocycles. The average molecular weight is 129 g/mol. The van der Waals surface area contributed by atoms with E-state index in [1.165, 1.54) is 0 Å². The van der Waals surface area contributed by atoms with Crippen molar-refractivity contribution in [2.24, 2.45) is 0 Å². The minimum Gasteiger partial charge on any atom is -0.375 e. The molecule has 1 fully saturated rings. The van der Waals surface area contributed by atoms with Crippen LogP contribution in [0.4, 0.5) is 4.79 Å². The van der Waals surface area contributed by atoms with Crippen LogP contribution in [0.3, 0.4) is 0 Å². The third-order valence-corrected chi connectivity index (χ3v) is 1.18. The van der Waals surface area contributed by atoms with Crippen LogP contribution >= 0.6 is 0 Å². The molecule has 1 N–H and O–H groups in total. The van der Waals surface area contributed by atoms with Crippen molar-refractivity contribution in [1.82, 2.24) is 5.32 Å². The molecule has 0 aromatic heterocycles. The highest BCUT2D eigenvalue weighted by molar-refractivity contribution is 5.95. The number of hydrogen-bond acceptors (Lipinski definition) is 3. The highest BCUT2D eigenvalue weighted by atomic mass is 16.6. The summed E-state index contributed by atoms with van der Waals surface area (Å²) in [5.74, 6) is -0.470. The smallest absolute Gasteiger partial charge is 0.375 e. The molecular weight excluding hydrogens is 122 g/mol. The molecule has 0 aromatic rings. The predicted octanol–water partition coefficient (Wildman–Crippen LogP) is 0.0314. The molecule has 1 aliphatic rings. The standard InChI is InChI=1S/C5H7NO3/c1-2-3-4(7)9-5(8)6-3/h3H,2H2,1H3,(H,6,8). The minimum atomic E-state index is -0.633. The van der Waals surface area contributed by atoms with E-state index < -0.39 is 18.1 Å². The summed E-state index contributed by atoms with van der Waals surface area (Å²) in [7, 11) is 0. The van der Waals surface area contributed by atoms with Gasteiger partial charge in [-0.2, -0.15) is 0 Å². The first-order chi connectivity index (χ1) is 4.24. The lowest BCUT2D eigenvalue weighted by atomic mass is 10.2. The topological polar surface area (TPSA) is 55.4 Å². The SMILES string of the molecule is CCC1NC(=O)OC1=O. The molecule has 1 rings (SSSR count). The van der Waals surface area contributed by atoms with Gasteiger partial charge in [-0.25, -0.2) is 9.59 Å². The molecular formula is C5H7NO3. The summed E-state index contributed by atoms with van der Waals surface area (Å²) in [5.41, 5.74) is 0. The zero-order valence-corrected chi connectivity index (χ0v) is 5.01. The van der Waals surface area contributed by atoms with Gasteiger partial charge in [0.1, 0.15) is 6.04 Å². The quantitative estimate of drug-likeness (QED) is 0.401. The Kier molecular flexibility index (Phi) is 1.38. The molecule has 4 nitrogen and oxygen atoms in total. The molecule has 0 spiro atoms. The normalized spacial score (nSPS) is 25.7. The van der Waals surface area contributed by atoms with Gasteiger partial charge in [0.25, 0.3) is 0 Å². The molecule has 0 saturated carbocycles. The summed E-state index contributed by atoms with van der Waals surface area (Å²) in [6.07, 6.45) is -0.0447. The third kappa shape index (κ3) is 1.01. The van der Waals surface area contributed by atoms with Gasteiger partial charge in [0, 0.05) is 0 Å². The summed E-state index contributed by atoms with van der Waals surface area (Å²) >= 11 is 0. The van der Waals surface area contributed by atoms with Crippen LogP contribution in [0.5, 0.6) is 0 Å². The number of hydrogen-bond donors (Lipinski definition) is 1. The van der Waals surface area contributed by atoms with Gasteiger partial charge in [0.15, 0.2) is 0 Å². The maximum absolute atomic E-state index is 10.5. The number of rotatable bonds is 1. The van der Waals surface area contributed by atoms with E-state index in [1.54, 1.807) is 6.92 Å². The van der Waals surface area contributed by atoms with Gasteiger partial charge >= 0.3 is 12.1 Å². The second-order valence-corrected chi connectivity index (χ2v) is 1.81. The Bertz CT molecular complexity index is 154. The van der Waals surface area contributed by atoms with Gasteiger partial charge in [-0.3, -0.25) is 0 Å². The highest BCUT2D eigenvalue weighted by Crippen LogP contribution is 2.02. The summed E-state index contributed by atoms with van der Waals surface area (Å²) in [6, 6.07) is -0.419. The number of carbonyl (C=O) groups excluding carboxylic acids is 2. The number of cyclic esters (lactones) is 2. The van der Waals surface area contributed by atoms with E-state index in [-0.39, 0.29) is 0 Å². The van der Waals surface area contributed by atoms with Crippen LogP contribution in [-0.2, 0) is 9.53 Å². The largest absolute Gasteiger partial charge is 0.415 e. The zero-order chi connectivity index (χ0) is 6.85. The van der Waals surface area contributed by atoms with Crippen molar-refractivity contribution in [1.29, 1.82) is 0 Å². The molecule has 1 aliphatic heterocycles. The second kappa shape index (κ2) is 2.05. The Morgan fingerprint density at radius 3 is 2.56 bits per heavy atom. The van der Waals surface area contributed by atoms with Crippen molar-refractivity contribution < 1.29 is 14.3 Å². The summed E-state index contributed by atoms with van der Waals surface area (Å²) < 4.78 is 4.18. The van der Waals surface area contributed by atoms with E-state index in [0.717, 1.165) is 0 Å². The number of esters is 1. The van der Waals surface area contributed by atoms with Crippen LogP contribution in [0.15, 0.2) is 0 Å².